The van der Waals surface area contributed by atoms with Gasteiger partial charge >= 0.3 is 0 Å². The third-order valence-electron chi connectivity index (χ3n) is 2.89. The Kier molecular flexibility index (Phi) is 6.22. The van der Waals surface area contributed by atoms with Gasteiger partial charge in [0.2, 0.25) is 5.91 Å². The molecule has 0 heterocycles. The summed E-state index contributed by atoms with van der Waals surface area (Å²) in [7, 11) is 0. The van der Waals surface area contributed by atoms with E-state index in [2.05, 4.69) is 5.32 Å². The number of hydrogen-bond donors (Lipinski definition) is 2. The minimum absolute atomic E-state index is 0.0423. The van der Waals surface area contributed by atoms with Gasteiger partial charge in [-0.1, -0.05) is 5.57 Å². The van der Waals surface area contributed by atoms with Gasteiger partial charge in [-0.05, 0) is 39.5 Å². The molecule has 98 valence electrons. The van der Waals surface area contributed by atoms with Crippen LogP contribution in [-0.2, 0) is 9.53 Å². The normalized spacial score (nSPS) is 24.2. The average Bonchev–Trinajstić information content (AvgIpc) is 2.26. The number of hydrogen-bond acceptors (Lipinski definition) is 3. The average molecular weight is 240 g/mol. The SMILES string of the molecule is CC(C)=CC(=O)NCCOC1CCC(N)CC1. The number of rotatable bonds is 5. The van der Waals surface area contributed by atoms with Crippen molar-refractivity contribution in [3.05, 3.63) is 11.6 Å². The fourth-order valence-corrected chi connectivity index (χ4v) is 1.97. The van der Waals surface area contributed by atoms with Gasteiger partial charge in [0.25, 0.3) is 0 Å². The lowest BCUT2D eigenvalue weighted by molar-refractivity contribution is -0.116. The highest BCUT2D eigenvalue weighted by molar-refractivity contribution is 5.87. The van der Waals surface area contributed by atoms with E-state index in [1.54, 1.807) is 6.08 Å². The quantitative estimate of drug-likeness (QED) is 0.563. The first kappa shape index (κ1) is 14.2. The zero-order chi connectivity index (χ0) is 12.7. The molecule has 1 fully saturated rings. The molecule has 17 heavy (non-hydrogen) atoms. The number of amides is 1. The molecule has 3 N–H and O–H groups in total. The van der Waals surface area contributed by atoms with Gasteiger partial charge in [-0.15, -0.1) is 0 Å². The second kappa shape index (κ2) is 7.45. The molecule has 4 heteroatoms. The third-order valence-corrected chi connectivity index (χ3v) is 2.89. The first-order chi connectivity index (χ1) is 8.08. The van der Waals surface area contributed by atoms with Gasteiger partial charge in [0, 0.05) is 18.7 Å². The smallest absolute Gasteiger partial charge is 0.243 e. The van der Waals surface area contributed by atoms with Crippen LogP contribution in [0.2, 0.25) is 0 Å². The van der Waals surface area contributed by atoms with Crippen LogP contribution in [0.4, 0.5) is 0 Å². The molecule has 0 bridgehead atoms. The second-order valence-electron chi connectivity index (χ2n) is 4.92. The molecule has 1 aliphatic rings. The predicted octanol–water partition coefficient (Wildman–Crippen LogP) is 1.36. The van der Waals surface area contributed by atoms with Gasteiger partial charge in [0.15, 0.2) is 0 Å². The molecule has 0 unspecified atom stereocenters. The predicted molar refractivity (Wildman–Crippen MR) is 68.6 cm³/mol. The van der Waals surface area contributed by atoms with Gasteiger partial charge in [0.1, 0.15) is 0 Å². The van der Waals surface area contributed by atoms with Crippen LogP contribution in [0.3, 0.4) is 0 Å². The summed E-state index contributed by atoms with van der Waals surface area (Å²) >= 11 is 0. The zero-order valence-corrected chi connectivity index (χ0v) is 10.9. The third kappa shape index (κ3) is 6.44. The Bertz CT molecular complexity index is 265. The van der Waals surface area contributed by atoms with E-state index in [0.29, 0.717) is 25.3 Å². The summed E-state index contributed by atoms with van der Waals surface area (Å²) in [5, 5.41) is 2.80. The minimum Gasteiger partial charge on any atom is -0.376 e. The fourth-order valence-electron chi connectivity index (χ4n) is 1.97. The van der Waals surface area contributed by atoms with E-state index in [0.717, 1.165) is 31.3 Å². The Morgan fingerprint density at radius 1 is 1.35 bits per heavy atom. The number of nitrogens with two attached hydrogens (primary N) is 1. The van der Waals surface area contributed by atoms with Gasteiger partial charge in [-0.25, -0.2) is 0 Å². The summed E-state index contributed by atoms with van der Waals surface area (Å²) in [5.41, 5.74) is 6.82. The molecule has 0 radical (unpaired) electrons. The van der Waals surface area contributed by atoms with Crippen molar-refractivity contribution >= 4 is 5.91 Å². The first-order valence-electron chi connectivity index (χ1n) is 6.38. The molecule has 4 nitrogen and oxygen atoms in total. The first-order valence-corrected chi connectivity index (χ1v) is 6.38. The lowest BCUT2D eigenvalue weighted by Crippen LogP contribution is -2.32. The lowest BCUT2D eigenvalue weighted by atomic mass is 9.94. The van der Waals surface area contributed by atoms with Crippen LogP contribution in [0, 0.1) is 0 Å². The van der Waals surface area contributed by atoms with Gasteiger partial charge < -0.3 is 15.8 Å². The van der Waals surface area contributed by atoms with E-state index in [1.807, 2.05) is 13.8 Å². The number of nitrogens with one attached hydrogen (secondary N) is 1. The summed E-state index contributed by atoms with van der Waals surface area (Å²) in [6.45, 7) is 4.97. The number of carbonyl (C=O) groups is 1. The largest absolute Gasteiger partial charge is 0.376 e. The number of carbonyl (C=O) groups excluding carboxylic acids is 1. The van der Waals surface area contributed by atoms with Crippen LogP contribution in [-0.4, -0.2) is 31.2 Å². The maximum atomic E-state index is 11.3. The highest BCUT2D eigenvalue weighted by atomic mass is 16.5. The van der Waals surface area contributed by atoms with Crippen molar-refractivity contribution in [2.24, 2.45) is 5.73 Å². The Balaban J connectivity index is 2.04. The molecule has 1 amide bonds. The standard InChI is InChI=1S/C13H24N2O2/c1-10(2)9-13(16)15-7-8-17-12-5-3-11(14)4-6-12/h9,11-12H,3-8,14H2,1-2H3,(H,15,16). The summed E-state index contributed by atoms with van der Waals surface area (Å²) in [4.78, 5) is 11.3. The summed E-state index contributed by atoms with van der Waals surface area (Å²) in [6, 6.07) is 0.354. The summed E-state index contributed by atoms with van der Waals surface area (Å²) < 4.78 is 5.70. The van der Waals surface area contributed by atoms with Crippen LogP contribution < -0.4 is 11.1 Å². The molecule has 0 aromatic carbocycles. The van der Waals surface area contributed by atoms with E-state index in [1.165, 1.54) is 0 Å². The van der Waals surface area contributed by atoms with Crippen molar-refractivity contribution in [2.75, 3.05) is 13.2 Å². The lowest BCUT2D eigenvalue weighted by Gasteiger charge is -2.26. The molecule has 1 rings (SSSR count). The molecule has 0 aromatic heterocycles. The van der Waals surface area contributed by atoms with Crippen molar-refractivity contribution in [1.29, 1.82) is 0 Å². The molecule has 0 spiro atoms. The molecule has 1 saturated carbocycles. The molecule has 0 aliphatic heterocycles. The number of ether oxygens (including phenoxy) is 1. The van der Waals surface area contributed by atoms with Crippen molar-refractivity contribution in [3.8, 4) is 0 Å². The van der Waals surface area contributed by atoms with Crippen LogP contribution in [0.15, 0.2) is 11.6 Å². The minimum atomic E-state index is -0.0423. The Morgan fingerprint density at radius 3 is 2.59 bits per heavy atom. The van der Waals surface area contributed by atoms with Crippen LogP contribution in [0.25, 0.3) is 0 Å². The monoisotopic (exact) mass is 240 g/mol. The van der Waals surface area contributed by atoms with E-state index in [4.69, 9.17) is 10.5 Å². The zero-order valence-electron chi connectivity index (χ0n) is 10.9. The van der Waals surface area contributed by atoms with E-state index < -0.39 is 0 Å². The van der Waals surface area contributed by atoms with Gasteiger partial charge in [-0.3, -0.25) is 4.79 Å². The molecule has 1 aliphatic carbocycles. The van der Waals surface area contributed by atoms with Gasteiger partial charge in [-0.2, -0.15) is 0 Å². The van der Waals surface area contributed by atoms with Crippen molar-refractivity contribution in [1.82, 2.24) is 5.32 Å². The van der Waals surface area contributed by atoms with Gasteiger partial charge in [0.05, 0.1) is 12.7 Å². The maximum absolute atomic E-state index is 11.3. The van der Waals surface area contributed by atoms with E-state index >= 15 is 0 Å². The van der Waals surface area contributed by atoms with Crippen LogP contribution in [0.1, 0.15) is 39.5 Å². The van der Waals surface area contributed by atoms with Crippen molar-refractivity contribution in [3.63, 3.8) is 0 Å². The molecule has 0 saturated heterocycles. The number of allylic oxidation sites excluding steroid dienone is 1. The van der Waals surface area contributed by atoms with Crippen LogP contribution in [0.5, 0.6) is 0 Å². The van der Waals surface area contributed by atoms with E-state index in [9.17, 15) is 4.79 Å². The van der Waals surface area contributed by atoms with Crippen molar-refractivity contribution < 1.29 is 9.53 Å². The molecule has 0 atom stereocenters. The summed E-state index contributed by atoms with van der Waals surface area (Å²) in [5.74, 6) is -0.0423. The summed E-state index contributed by atoms with van der Waals surface area (Å²) in [6.07, 6.45) is 6.12. The van der Waals surface area contributed by atoms with E-state index in [-0.39, 0.29) is 5.91 Å². The Morgan fingerprint density at radius 2 is 2.00 bits per heavy atom. The van der Waals surface area contributed by atoms with Crippen molar-refractivity contribution in [2.45, 2.75) is 51.7 Å². The second-order valence-corrected chi connectivity index (χ2v) is 4.92. The Labute approximate surface area is 104 Å². The highest BCUT2D eigenvalue weighted by Crippen LogP contribution is 2.19. The maximum Gasteiger partial charge on any atom is 0.243 e. The molecule has 0 aromatic rings. The molecular weight excluding hydrogens is 216 g/mol. The topological polar surface area (TPSA) is 64.3 Å². The molecular formula is C13H24N2O2. The highest BCUT2D eigenvalue weighted by Gasteiger charge is 2.18. The Hall–Kier alpha value is -0.870. The van der Waals surface area contributed by atoms with Crippen LogP contribution >= 0.6 is 0 Å². The fraction of sp³-hybridized carbons (Fsp3) is 0.769.